The minimum Gasteiger partial charge on any atom is -0.492 e. The zero-order valence-corrected chi connectivity index (χ0v) is 25.5. The molecular weight excluding hydrogens is 629 g/mol. The van der Waals surface area contributed by atoms with Crippen LogP contribution in [0.1, 0.15) is 49.0 Å². The largest absolute Gasteiger partial charge is 0.492 e. The first-order valence-corrected chi connectivity index (χ1v) is 17.2. The number of carbonyl (C=O) groups is 2. The zero-order chi connectivity index (χ0) is 32.1. The van der Waals surface area contributed by atoms with Crippen LogP contribution in [0, 0.1) is 11.7 Å². The summed E-state index contributed by atoms with van der Waals surface area (Å²) in [6.45, 7) is 3.10. The van der Waals surface area contributed by atoms with E-state index in [0.29, 0.717) is 24.5 Å². The molecule has 2 saturated heterocycles. The summed E-state index contributed by atoms with van der Waals surface area (Å²) in [5.41, 5.74) is -3.72. The van der Waals surface area contributed by atoms with Gasteiger partial charge in [0.25, 0.3) is 0 Å². The Hall–Kier alpha value is -3.04. The lowest BCUT2D eigenvalue weighted by Crippen LogP contribution is -2.40. The number of nitrogens with one attached hydrogen (secondary N) is 2. The Morgan fingerprint density at radius 2 is 1.80 bits per heavy atom. The van der Waals surface area contributed by atoms with Gasteiger partial charge in [0.05, 0.1) is 18.0 Å². The number of piperidine rings is 1. The number of pyridine rings is 1. The molecule has 3 unspecified atom stereocenters. The van der Waals surface area contributed by atoms with Crippen LogP contribution < -0.4 is 25.7 Å². The van der Waals surface area contributed by atoms with E-state index in [1.807, 2.05) is 4.90 Å². The molecular formula is C25H33FN4O12P2. The number of fused-ring (bicyclic) bond motifs is 2. The Balaban J connectivity index is 1.43. The standard InChI is InChI=1S/C25H33FN4O12P2/c1-12(42-24(33)28-25(43(34,35)36)44(37,38)39)41-23(32)16-10-30(14-5-6-14)19-15(21(16)31)8-17(26)20(22(19)40-2)29-9-13-4-3-7-27-18(13)11-29/h8,10,12-14,18,25,27H,3-7,9,11H2,1-2H3,(H,28,33)(H2,34,35,36)(H2,37,38,39). The highest BCUT2D eigenvalue weighted by molar-refractivity contribution is 7.70. The number of benzene rings is 1. The van der Waals surface area contributed by atoms with E-state index in [9.17, 15) is 23.5 Å². The Kier molecular flexibility index (Phi) is 8.86. The number of aromatic nitrogens is 1. The van der Waals surface area contributed by atoms with Gasteiger partial charge in [-0.05, 0) is 44.2 Å². The molecule has 2 aliphatic heterocycles. The van der Waals surface area contributed by atoms with Crippen molar-refractivity contribution in [3.63, 3.8) is 0 Å². The van der Waals surface area contributed by atoms with E-state index in [4.69, 9.17) is 29.0 Å². The zero-order valence-electron chi connectivity index (χ0n) is 23.7. The summed E-state index contributed by atoms with van der Waals surface area (Å²) >= 11 is 0. The summed E-state index contributed by atoms with van der Waals surface area (Å²) in [6.07, 6.45) is 1.27. The third-order valence-electron chi connectivity index (χ3n) is 7.91. The van der Waals surface area contributed by atoms with Crippen molar-refractivity contribution in [1.82, 2.24) is 15.2 Å². The summed E-state index contributed by atoms with van der Waals surface area (Å²) < 4.78 is 55.7. The van der Waals surface area contributed by atoms with Gasteiger partial charge >= 0.3 is 27.3 Å². The number of alkyl carbamates (subject to hydrolysis) is 1. The lowest BCUT2D eigenvalue weighted by Gasteiger charge is -2.25. The normalized spacial score (nSPS) is 21.2. The molecule has 242 valence electrons. The molecule has 1 aromatic heterocycles. The van der Waals surface area contributed by atoms with Gasteiger partial charge in [-0.2, -0.15) is 0 Å². The molecule has 44 heavy (non-hydrogen) atoms. The van der Waals surface area contributed by atoms with E-state index in [-0.39, 0.29) is 28.9 Å². The molecule has 2 aromatic rings. The van der Waals surface area contributed by atoms with Crippen molar-refractivity contribution < 1.29 is 56.9 Å². The summed E-state index contributed by atoms with van der Waals surface area (Å²) in [4.78, 5) is 77.2. The third-order valence-corrected chi connectivity index (χ3v) is 11.2. The molecule has 0 radical (unpaired) electrons. The number of anilines is 1. The predicted molar refractivity (Wildman–Crippen MR) is 152 cm³/mol. The number of carbonyl (C=O) groups excluding carboxylic acids is 2. The van der Waals surface area contributed by atoms with Crippen LogP contribution in [0.2, 0.25) is 0 Å². The average molecular weight is 663 g/mol. The number of methoxy groups -OCH3 is 1. The summed E-state index contributed by atoms with van der Waals surface area (Å²) in [7, 11) is -9.64. The predicted octanol–water partition coefficient (Wildman–Crippen LogP) is 1.54. The van der Waals surface area contributed by atoms with Crippen LogP contribution in [-0.2, 0) is 18.6 Å². The van der Waals surface area contributed by atoms with Crippen molar-refractivity contribution >= 4 is 43.8 Å². The van der Waals surface area contributed by atoms with Gasteiger partial charge in [-0.3, -0.25) is 19.2 Å². The number of nitrogens with zero attached hydrogens (tertiary/aromatic N) is 2. The van der Waals surface area contributed by atoms with Crippen molar-refractivity contribution in [2.45, 2.75) is 56.5 Å². The van der Waals surface area contributed by atoms with E-state index in [2.05, 4.69) is 10.1 Å². The van der Waals surface area contributed by atoms with E-state index in [0.717, 1.165) is 45.2 Å². The first-order valence-electron chi connectivity index (χ1n) is 13.8. The number of rotatable bonds is 9. The van der Waals surface area contributed by atoms with E-state index in [1.54, 1.807) is 4.57 Å². The molecule has 1 aromatic carbocycles. The van der Waals surface area contributed by atoms with Crippen molar-refractivity contribution in [3.05, 3.63) is 33.9 Å². The second-order valence-electron chi connectivity index (χ2n) is 11.1. The smallest absolute Gasteiger partial charge is 0.411 e. The van der Waals surface area contributed by atoms with Gasteiger partial charge in [-0.15, -0.1) is 0 Å². The van der Waals surface area contributed by atoms with Gasteiger partial charge in [0.2, 0.25) is 17.2 Å². The molecule has 16 nitrogen and oxygen atoms in total. The Labute approximate surface area is 249 Å². The number of amides is 1. The summed E-state index contributed by atoms with van der Waals surface area (Å²) in [5, 5.41) is 4.71. The molecule has 3 heterocycles. The lowest BCUT2D eigenvalue weighted by atomic mass is 9.94. The maximum Gasteiger partial charge on any atom is 0.411 e. The maximum atomic E-state index is 15.8. The monoisotopic (exact) mass is 662 g/mol. The number of ether oxygens (including phenoxy) is 3. The van der Waals surface area contributed by atoms with Gasteiger partial charge in [-0.25, -0.2) is 14.0 Å². The fraction of sp³-hybridized carbons (Fsp3) is 0.560. The number of esters is 1. The maximum absolute atomic E-state index is 15.8. The molecule has 0 spiro atoms. The quantitative estimate of drug-likeness (QED) is 0.127. The van der Waals surface area contributed by atoms with Crippen molar-refractivity contribution in [3.8, 4) is 5.75 Å². The number of hydrogen-bond acceptors (Lipinski definition) is 10. The summed E-state index contributed by atoms with van der Waals surface area (Å²) in [6, 6.07) is 1.16. The fourth-order valence-electron chi connectivity index (χ4n) is 5.84. The molecule has 1 amide bonds. The Bertz CT molecular complexity index is 1600. The second-order valence-corrected chi connectivity index (χ2v) is 14.9. The molecule has 5 rings (SSSR count). The van der Waals surface area contributed by atoms with E-state index < -0.39 is 55.9 Å². The van der Waals surface area contributed by atoms with Crippen LogP contribution in [0.15, 0.2) is 17.1 Å². The van der Waals surface area contributed by atoms with Crippen molar-refractivity contribution in [1.29, 1.82) is 0 Å². The third kappa shape index (κ3) is 6.50. The van der Waals surface area contributed by atoms with Crippen LogP contribution in [-0.4, -0.2) is 80.8 Å². The summed E-state index contributed by atoms with van der Waals surface area (Å²) in [5.74, 6) is -1.44. The first kappa shape index (κ1) is 32.4. The first-order chi connectivity index (χ1) is 20.6. The number of halogens is 1. The molecule has 3 fully saturated rings. The van der Waals surface area contributed by atoms with Gasteiger partial charge in [0, 0.05) is 38.3 Å². The van der Waals surface area contributed by atoms with Crippen LogP contribution in [0.3, 0.4) is 0 Å². The SMILES string of the molecule is COc1c(N2CC3CCCNC3C2)c(F)cc2c(=O)c(C(=O)OC(C)OC(=O)NC(P(=O)(O)O)P(=O)(O)O)cn(C3CC3)c12. The highest BCUT2D eigenvalue weighted by Crippen LogP contribution is 2.58. The lowest BCUT2D eigenvalue weighted by molar-refractivity contribution is -0.0603. The van der Waals surface area contributed by atoms with E-state index >= 15 is 4.39 Å². The van der Waals surface area contributed by atoms with Gasteiger partial charge in [0.1, 0.15) is 11.3 Å². The average Bonchev–Trinajstić information content (AvgIpc) is 3.68. The molecule has 19 heteroatoms. The van der Waals surface area contributed by atoms with Gasteiger partial charge in [-0.1, -0.05) is 0 Å². The topological polar surface area (TPSA) is 226 Å². The van der Waals surface area contributed by atoms with Crippen LogP contribution in [0.4, 0.5) is 14.9 Å². The minimum atomic E-state index is -5.51. The van der Waals surface area contributed by atoms with Gasteiger partial charge in [0.15, 0.2) is 11.6 Å². The highest BCUT2D eigenvalue weighted by atomic mass is 31.2. The Morgan fingerprint density at radius 3 is 2.39 bits per heavy atom. The van der Waals surface area contributed by atoms with Crippen molar-refractivity contribution in [2.24, 2.45) is 5.92 Å². The molecule has 3 aliphatic rings. The van der Waals surface area contributed by atoms with Crippen LogP contribution in [0.25, 0.3) is 10.9 Å². The molecule has 1 saturated carbocycles. The Morgan fingerprint density at radius 1 is 1.11 bits per heavy atom. The fourth-order valence-corrected chi connectivity index (χ4v) is 7.95. The highest BCUT2D eigenvalue weighted by Gasteiger charge is 2.45. The molecule has 0 bridgehead atoms. The molecule has 3 atom stereocenters. The molecule has 6 N–H and O–H groups in total. The van der Waals surface area contributed by atoms with Gasteiger partial charge < -0.3 is 48.6 Å². The van der Waals surface area contributed by atoms with Crippen molar-refractivity contribution in [2.75, 3.05) is 31.6 Å². The second kappa shape index (κ2) is 12.0. The van der Waals surface area contributed by atoms with Crippen LogP contribution in [0.5, 0.6) is 5.75 Å². The molecule has 1 aliphatic carbocycles. The van der Waals surface area contributed by atoms with E-state index in [1.165, 1.54) is 18.6 Å². The van der Waals surface area contributed by atoms with Crippen LogP contribution >= 0.6 is 15.2 Å². The minimum absolute atomic E-state index is 0.114. The number of hydrogen-bond donors (Lipinski definition) is 6.